The average molecular weight is 340 g/mol. The average Bonchev–Trinajstić information content (AvgIpc) is 2.77. The van der Waals surface area contributed by atoms with Crippen LogP contribution in [-0.4, -0.2) is 27.1 Å². The molecule has 2 rings (SSSR count). The molecule has 0 unspecified atom stereocenters. The molecule has 0 aliphatic rings. The van der Waals surface area contributed by atoms with Crippen LogP contribution in [0.5, 0.6) is 5.75 Å². The van der Waals surface area contributed by atoms with E-state index in [1.807, 2.05) is 20.8 Å². The Morgan fingerprint density at radius 2 is 2.00 bits per heavy atom. The zero-order chi connectivity index (χ0) is 16.3. The molecule has 120 valence electrons. The van der Waals surface area contributed by atoms with E-state index in [0.717, 1.165) is 16.3 Å². The minimum absolute atomic E-state index is 0.247. The first-order chi connectivity index (χ1) is 10.3. The first kappa shape index (κ1) is 16.9. The van der Waals surface area contributed by atoms with Crippen molar-refractivity contribution in [3.8, 4) is 5.75 Å². The lowest BCUT2D eigenvalue weighted by Crippen LogP contribution is -2.26. The molecule has 0 atom stereocenters. The van der Waals surface area contributed by atoms with Gasteiger partial charge < -0.3 is 4.74 Å². The van der Waals surface area contributed by atoms with E-state index in [2.05, 4.69) is 9.71 Å². The van der Waals surface area contributed by atoms with E-state index >= 15 is 0 Å². The molecule has 22 heavy (non-hydrogen) atoms. The molecule has 0 amide bonds. The van der Waals surface area contributed by atoms with Crippen LogP contribution in [0.1, 0.15) is 21.1 Å². The van der Waals surface area contributed by atoms with Gasteiger partial charge in [-0.15, -0.1) is 11.3 Å². The highest BCUT2D eigenvalue weighted by Gasteiger charge is 2.15. The van der Waals surface area contributed by atoms with Gasteiger partial charge in [-0.3, -0.25) is 0 Å². The van der Waals surface area contributed by atoms with Gasteiger partial charge in [-0.05, 0) is 44.5 Å². The summed E-state index contributed by atoms with van der Waals surface area (Å²) in [4.78, 5) is 5.82. The van der Waals surface area contributed by atoms with Crippen molar-refractivity contribution in [1.29, 1.82) is 0 Å². The summed E-state index contributed by atoms with van der Waals surface area (Å²) in [7, 11) is -1.95. The number of hydrogen-bond donors (Lipinski definition) is 1. The number of aromatic nitrogens is 1. The van der Waals surface area contributed by atoms with E-state index in [4.69, 9.17) is 4.74 Å². The van der Waals surface area contributed by atoms with E-state index in [1.54, 1.807) is 36.6 Å². The zero-order valence-electron chi connectivity index (χ0n) is 13.1. The lowest BCUT2D eigenvalue weighted by molar-refractivity contribution is 0.411. The van der Waals surface area contributed by atoms with Crippen LogP contribution in [0.15, 0.2) is 23.1 Å². The van der Waals surface area contributed by atoms with E-state index in [-0.39, 0.29) is 4.90 Å². The Kier molecular flexibility index (Phi) is 5.20. The van der Waals surface area contributed by atoms with Gasteiger partial charge in [0.25, 0.3) is 0 Å². The number of thiazole rings is 1. The highest BCUT2D eigenvalue weighted by Crippen LogP contribution is 2.21. The van der Waals surface area contributed by atoms with Gasteiger partial charge in [-0.25, -0.2) is 18.1 Å². The molecule has 0 fully saturated rings. The minimum atomic E-state index is -3.51. The largest absolute Gasteiger partial charge is 0.496 e. The van der Waals surface area contributed by atoms with Gasteiger partial charge in [0, 0.05) is 17.8 Å². The summed E-state index contributed by atoms with van der Waals surface area (Å²) in [6.45, 7) is 6.12. The number of aryl methyl sites for hydroxylation is 3. The van der Waals surface area contributed by atoms with Crippen LogP contribution in [0.4, 0.5) is 0 Å². The molecule has 0 bridgehead atoms. The van der Waals surface area contributed by atoms with Crippen LogP contribution in [-0.2, 0) is 16.4 Å². The molecule has 5 nitrogen and oxygen atoms in total. The van der Waals surface area contributed by atoms with Crippen LogP contribution in [0.25, 0.3) is 0 Å². The molecule has 0 aliphatic carbocycles. The van der Waals surface area contributed by atoms with Gasteiger partial charge in [-0.2, -0.15) is 0 Å². The molecule has 0 saturated heterocycles. The summed E-state index contributed by atoms with van der Waals surface area (Å²) in [5, 5.41) is 0.948. The number of methoxy groups -OCH3 is 1. The molecular weight excluding hydrogens is 320 g/mol. The summed E-state index contributed by atoms with van der Waals surface area (Å²) >= 11 is 1.61. The second-order valence-electron chi connectivity index (χ2n) is 5.03. The Labute approximate surface area is 135 Å². The smallest absolute Gasteiger partial charge is 0.240 e. The lowest BCUT2D eigenvalue weighted by Gasteiger charge is -2.09. The number of hydrogen-bond acceptors (Lipinski definition) is 5. The maximum atomic E-state index is 12.3. The molecule has 1 N–H and O–H groups in total. The molecule has 0 spiro atoms. The molecule has 1 aromatic heterocycles. The summed E-state index contributed by atoms with van der Waals surface area (Å²) in [5.74, 6) is 0.674. The Balaban J connectivity index is 2.03. The van der Waals surface area contributed by atoms with E-state index in [0.29, 0.717) is 18.7 Å². The number of sulfonamides is 1. The summed E-state index contributed by atoms with van der Waals surface area (Å²) in [5.41, 5.74) is 1.80. The topological polar surface area (TPSA) is 68.3 Å². The fraction of sp³-hybridized carbons (Fsp3) is 0.400. The fourth-order valence-electron chi connectivity index (χ4n) is 2.04. The van der Waals surface area contributed by atoms with Gasteiger partial charge in [0.05, 0.1) is 22.7 Å². The van der Waals surface area contributed by atoms with Crippen molar-refractivity contribution >= 4 is 21.4 Å². The highest BCUT2D eigenvalue weighted by atomic mass is 32.2. The van der Waals surface area contributed by atoms with Crippen molar-refractivity contribution in [3.63, 3.8) is 0 Å². The van der Waals surface area contributed by atoms with E-state index < -0.39 is 10.0 Å². The second kappa shape index (κ2) is 6.76. The normalized spacial score (nSPS) is 11.6. The first-order valence-corrected chi connectivity index (χ1v) is 9.20. The molecule has 0 radical (unpaired) electrons. The maximum Gasteiger partial charge on any atom is 0.240 e. The summed E-state index contributed by atoms with van der Waals surface area (Å²) < 4.78 is 32.3. The quantitative estimate of drug-likeness (QED) is 0.878. The first-order valence-electron chi connectivity index (χ1n) is 6.90. The lowest BCUT2D eigenvalue weighted by atomic mass is 10.2. The summed E-state index contributed by atoms with van der Waals surface area (Å²) in [6, 6.07) is 4.82. The van der Waals surface area contributed by atoms with Crippen LogP contribution in [0.2, 0.25) is 0 Å². The third-order valence-electron chi connectivity index (χ3n) is 3.38. The number of ether oxygens (including phenoxy) is 1. The molecule has 0 saturated carbocycles. The fourth-order valence-corrected chi connectivity index (χ4v) is 4.09. The van der Waals surface area contributed by atoms with Crippen molar-refractivity contribution in [2.45, 2.75) is 32.1 Å². The summed E-state index contributed by atoms with van der Waals surface area (Å²) in [6.07, 6.45) is 0.591. The van der Waals surface area contributed by atoms with Crippen LogP contribution >= 0.6 is 11.3 Å². The minimum Gasteiger partial charge on any atom is -0.496 e. The number of rotatable bonds is 6. The predicted octanol–water partition coefficient (Wildman–Crippen LogP) is 2.60. The van der Waals surface area contributed by atoms with E-state index in [1.165, 1.54) is 4.88 Å². The Hall–Kier alpha value is -1.44. The Morgan fingerprint density at radius 3 is 2.55 bits per heavy atom. The zero-order valence-corrected chi connectivity index (χ0v) is 14.8. The van der Waals surface area contributed by atoms with Crippen LogP contribution in [0.3, 0.4) is 0 Å². The Morgan fingerprint density at radius 1 is 1.27 bits per heavy atom. The van der Waals surface area contributed by atoms with Crippen LogP contribution < -0.4 is 9.46 Å². The van der Waals surface area contributed by atoms with Gasteiger partial charge in [0.2, 0.25) is 10.0 Å². The molecule has 2 aromatic rings. The van der Waals surface area contributed by atoms with Gasteiger partial charge in [0.15, 0.2) is 0 Å². The molecular formula is C15H20N2O3S2. The number of nitrogens with zero attached hydrogens (tertiary/aromatic N) is 1. The SMILES string of the molecule is COc1ccc(S(=O)(=O)NCCc2nc(C)c(C)s2)cc1C. The third-order valence-corrected chi connectivity index (χ3v) is 5.97. The molecule has 0 aliphatic heterocycles. The van der Waals surface area contributed by atoms with Crippen molar-refractivity contribution in [3.05, 3.63) is 39.3 Å². The number of benzene rings is 1. The van der Waals surface area contributed by atoms with Crippen molar-refractivity contribution < 1.29 is 13.2 Å². The third kappa shape index (κ3) is 3.85. The monoisotopic (exact) mass is 340 g/mol. The molecule has 1 aromatic carbocycles. The van der Waals surface area contributed by atoms with Gasteiger partial charge in [0.1, 0.15) is 5.75 Å². The predicted molar refractivity (Wildman–Crippen MR) is 88.2 cm³/mol. The van der Waals surface area contributed by atoms with E-state index in [9.17, 15) is 8.42 Å². The maximum absolute atomic E-state index is 12.3. The van der Waals surface area contributed by atoms with Crippen molar-refractivity contribution in [2.24, 2.45) is 0 Å². The Bertz CT molecular complexity index is 748. The standard InChI is InChI=1S/C15H20N2O3S2/c1-10-9-13(5-6-14(10)20-4)22(18,19)16-8-7-15-17-11(2)12(3)21-15/h5-6,9,16H,7-8H2,1-4H3. The van der Waals surface area contributed by atoms with Crippen molar-refractivity contribution in [2.75, 3.05) is 13.7 Å². The molecule has 7 heteroatoms. The highest BCUT2D eigenvalue weighted by molar-refractivity contribution is 7.89. The van der Waals surface area contributed by atoms with Gasteiger partial charge in [-0.1, -0.05) is 0 Å². The van der Waals surface area contributed by atoms with Crippen molar-refractivity contribution in [1.82, 2.24) is 9.71 Å². The van der Waals surface area contributed by atoms with Gasteiger partial charge >= 0.3 is 0 Å². The molecule has 1 heterocycles. The second-order valence-corrected chi connectivity index (χ2v) is 8.08. The van der Waals surface area contributed by atoms with Crippen LogP contribution in [0, 0.1) is 20.8 Å². The number of nitrogens with one attached hydrogen (secondary N) is 1.